The maximum absolute atomic E-state index is 14.4. The zero-order valence-corrected chi connectivity index (χ0v) is 16.7. The van der Waals surface area contributed by atoms with Crippen LogP contribution in [0.4, 0.5) is 4.39 Å². The number of hydrogen-bond donors (Lipinski definition) is 6. The number of aliphatic hydroxyl groups excluding tert-OH is 4. The smallest absolute Gasteiger partial charge is 0.259 e. The topological polar surface area (TPSA) is 154 Å². The van der Waals surface area contributed by atoms with E-state index in [-0.39, 0.29) is 11.3 Å². The number of nitrogens with one attached hydrogen (secondary N) is 1. The third-order valence-electron chi connectivity index (χ3n) is 4.93. The molecule has 10 heteroatoms. The molecule has 1 saturated heterocycles. The average molecular weight is 430 g/mol. The molecule has 9 nitrogen and oxygen atoms in total. The first-order chi connectivity index (χ1) is 14.4. The number of amides is 1. The molecule has 0 saturated carbocycles. The van der Waals surface area contributed by atoms with Gasteiger partial charge in [-0.1, -0.05) is 25.0 Å². The van der Waals surface area contributed by atoms with Gasteiger partial charge in [0.2, 0.25) is 12.5 Å². The van der Waals surface area contributed by atoms with Crippen LogP contribution in [0.25, 0.3) is 0 Å². The van der Waals surface area contributed by atoms with Crippen LogP contribution >= 0.6 is 0 Å². The molecule has 1 heterocycles. The number of benzene rings is 1. The van der Waals surface area contributed by atoms with Crippen molar-refractivity contribution in [3.05, 3.63) is 29.8 Å². The van der Waals surface area contributed by atoms with Gasteiger partial charge >= 0.3 is 0 Å². The van der Waals surface area contributed by atoms with Gasteiger partial charge in [0.1, 0.15) is 30.2 Å². The highest BCUT2D eigenvalue weighted by Crippen LogP contribution is 2.26. The predicted octanol–water partition coefficient (Wildman–Crippen LogP) is -0.489. The minimum Gasteiger partial charge on any atom is -0.462 e. The molecule has 0 spiro atoms. The molecule has 1 aliphatic heterocycles. The highest BCUT2D eigenvalue weighted by Gasteiger charge is 2.44. The molecule has 1 aliphatic rings. The fourth-order valence-corrected chi connectivity index (χ4v) is 3.09. The van der Waals surface area contributed by atoms with Gasteiger partial charge in [-0.3, -0.25) is 4.79 Å². The van der Waals surface area contributed by atoms with Gasteiger partial charge in [-0.2, -0.15) is 0 Å². The van der Waals surface area contributed by atoms with Crippen molar-refractivity contribution in [3.8, 4) is 5.75 Å². The fourth-order valence-electron chi connectivity index (χ4n) is 3.09. The first kappa shape index (κ1) is 24.4. The van der Waals surface area contributed by atoms with E-state index in [0.717, 1.165) is 25.7 Å². The lowest BCUT2D eigenvalue weighted by Gasteiger charge is -2.39. The highest BCUT2D eigenvalue weighted by molar-refractivity contribution is 5.82. The maximum atomic E-state index is 14.4. The number of alkyl halides is 1. The van der Waals surface area contributed by atoms with E-state index in [1.807, 2.05) is 0 Å². The summed E-state index contributed by atoms with van der Waals surface area (Å²) >= 11 is 0. The Morgan fingerprint density at radius 1 is 1.10 bits per heavy atom. The third kappa shape index (κ3) is 6.59. The Morgan fingerprint density at radius 2 is 1.77 bits per heavy atom. The van der Waals surface area contributed by atoms with Crippen molar-refractivity contribution < 1.29 is 39.1 Å². The zero-order valence-electron chi connectivity index (χ0n) is 16.7. The summed E-state index contributed by atoms with van der Waals surface area (Å²) in [5, 5.41) is 41.3. The second kappa shape index (κ2) is 12.1. The summed E-state index contributed by atoms with van der Waals surface area (Å²) < 4.78 is 25.1. The minimum atomic E-state index is -1.84. The first-order valence-electron chi connectivity index (χ1n) is 10.1. The fraction of sp³-hybridized carbons (Fsp3) is 0.650. The Labute approximate surface area is 174 Å². The van der Waals surface area contributed by atoms with Crippen LogP contribution in [-0.2, 0) is 9.53 Å². The Morgan fingerprint density at radius 3 is 2.40 bits per heavy atom. The first-order valence-corrected chi connectivity index (χ1v) is 10.1. The Bertz CT molecular complexity index is 647. The molecule has 0 bridgehead atoms. The van der Waals surface area contributed by atoms with Gasteiger partial charge in [0.25, 0.3) is 5.91 Å². The van der Waals surface area contributed by atoms with Crippen LogP contribution in [0.15, 0.2) is 24.3 Å². The van der Waals surface area contributed by atoms with Gasteiger partial charge in [0, 0.05) is 6.54 Å². The van der Waals surface area contributed by atoms with Crippen molar-refractivity contribution >= 4 is 5.91 Å². The van der Waals surface area contributed by atoms with E-state index in [0.29, 0.717) is 13.1 Å². The van der Waals surface area contributed by atoms with Crippen molar-refractivity contribution in [2.45, 2.75) is 62.6 Å². The van der Waals surface area contributed by atoms with Gasteiger partial charge in [-0.15, -0.1) is 0 Å². The number of ether oxygens (including phenoxy) is 2. The molecule has 1 fully saturated rings. The lowest BCUT2D eigenvalue weighted by molar-refractivity contribution is -0.277. The van der Waals surface area contributed by atoms with Crippen LogP contribution in [0.5, 0.6) is 5.75 Å². The lowest BCUT2D eigenvalue weighted by atomic mass is 9.99. The summed E-state index contributed by atoms with van der Waals surface area (Å²) in [4.78, 5) is 11.9. The second-order valence-electron chi connectivity index (χ2n) is 7.24. The third-order valence-corrected chi connectivity index (χ3v) is 4.93. The van der Waals surface area contributed by atoms with E-state index < -0.39 is 49.4 Å². The Hall–Kier alpha value is -1.82. The van der Waals surface area contributed by atoms with E-state index >= 15 is 0 Å². The second-order valence-corrected chi connectivity index (χ2v) is 7.24. The van der Waals surface area contributed by atoms with Crippen LogP contribution < -0.4 is 15.8 Å². The van der Waals surface area contributed by atoms with Crippen molar-refractivity contribution in [3.63, 3.8) is 0 Å². The summed E-state index contributed by atoms with van der Waals surface area (Å²) in [5.41, 5.74) is 5.55. The summed E-state index contributed by atoms with van der Waals surface area (Å²) in [6.07, 6.45) is -5.30. The van der Waals surface area contributed by atoms with Crippen molar-refractivity contribution in [1.82, 2.24) is 5.32 Å². The number of rotatable bonds is 11. The molecule has 6 atom stereocenters. The average Bonchev–Trinajstić information content (AvgIpc) is 2.76. The molecule has 0 aliphatic carbocycles. The molecule has 1 aromatic carbocycles. The minimum absolute atomic E-state index is 0.136. The van der Waals surface area contributed by atoms with Gasteiger partial charge in [0.05, 0.1) is 6.61 Å². The zero-order chi connectivity index (χ0) is 22.1. The number of halogens is 1. The molecule has 0 radical (unpaired) electrons. The molecule has 170 valence electrons. The van der Waals surface area contributed by atoms with Crippen molar-refractivity contribution in [2.75, 3.05) is 19.7 Å². The van der Waals surface area contributed by atoms with Crippen LogP contribution in [-0.4, -0.2) is 76.7 Å². The molecule has 1 unspecified atom stereocenters. The molecule has 7 N–H and O–H groups in total. The van der Waals surface area contributed by atoms with Crippen LogP contribution in [0.2, 0.25) is 0 Å². The number of carbonyl (C=O) groups excluding carboxylic acids is 1. The van der Waals surface area contributed by atoms with Crippen LogP contribution in [0, 0.1) is 0 Å². The van der Waals surface area contributed by atoms with E-state index in [4.69, 9.17) is 15.2 Å². The quantitative estimate of drug-likeness (QED) is 0.257. The number of nitrogens with two attached hydrogens (primary N) is 1. The summed E-state index contributed by atoms with van der Waals surface area (Å²) in [6, 6.07) is 5.52. The van der Waals surface area contributed by atoms with E-state index in [1.165, 1.54) is 24.3 Å². The predicted molar refractivity (Wildman–Crippen MR) is 105 cm³/mol. The van der Waals surface area contributed by atoms with Gasteiger partial charge in [0.15, 0.2) is 0 Å². The maximum Gasteiger partial charge on any atom is 0.259 e. The molecule has 30 heavy (non-hydrogen) atoms. The normalized spacial score (nSPS) is 27.5. The monoisotopic (exact) mass is 430 g/mol. The summed E-state index contributed by atoms with van der Waals surface area (Å²) in [7, 11) is 0. The molecular formula is C20H31FN2O7. The van der Waals surface area contributed by atoms with E-state index in [2.05, 4.69) is 5.32 Å². The molecular weight excluding hydrogens is 399 g/mol. The Balaban J connectivity index is 1.86. The van der Waals surface area contributed by atoms with Crippen molar-refractivity contribution in [1.29, 1.82) is 0 Å². The largest absolute Gasteiger partial charge is 0.462 e. The van der Waals surface area contributed by atoms with Gasteiger partial charge in [-0.25, -0.2) is 4.39 Å². The highest BCUT2D eigenvalue weighted by atomic mass is 19.1. The number of unbranched alkanes of at least 4 members (excludes halogenated alkanes) is 3. The van der Waals surface area contributed by atoms with Crippen LogP contribution in [0.3, 0.4) is 0 Å². The lowest BCUT2D eigenvalue weighted by Crippen LogP contribution is -2.60. The summed E-state index contributed by atoms with van der Waals surface area (Å²) in [5.74, 6) is -0.535. The number of carbonyl (C=O) groups is 1. The number of hydrogen-bond acceptors (Lipinski definition) is 8. The number of aliphatic hydroxyl groups is 4. The molecule has 1 amide bonds. The molecule has 2 rings (SSSR count). The van der Waals surface area contributed by atoms with Crippen molar-refractivity contribution in [2.24, 2.45) is 5.73 Å². The van der Waals surface area contributed by atoms with Crippen LogP contribution in [0.1, 0.15) is 37.4 Å². The van der Waals surface area contributed by atoms with E-state index in [1.54, 1.807) is 0 Å². The summed E-state index contributed by atoms with van der Waals surface area (Å²) in [6.45, 7) is 0.451. The van der Waals surface area contributed by atoms with Gasteiger partial charge < -0.3 is 41.0 Å². The molecule has 0 aromatic heterocycles. The van der Waals surface area contributed by atoms with E-state index in [9.17, 15) is 29.6 Å². The van der Waals surface area contributed by atoms with Gasteiger partial charge in [-0.05, 0) is 37.1 Å². The molecule has 1 aromatic rings. The SMILES string of the molecule is NCCCCCCNC(=O)C(F)c1ccc(O[C@H]2O[C@H](CO)[C@@H](O)[C@H](O)[C@H]2O)cc1. The standard InChI is InChI=1S/C20H31FN2O7/c21-15(19(28)23-10-4-2-1-3-9-22)12-5-7-13(8-6-12)29-20-18(27)17(26)16(25)14(11-24)30-20/h5-8,14-18,20,24-27H,1-4,9-11,22H2,(H,23,28)/t14-,15?,16-,17+,18-,20+/m1/s1. The Kier molecular flexibility index (Phi) is 9.89.